The van der Waals surface area contributed by atoms with Crippen LogP contribution in [0.1, 0.15) is 29.7 Å². The number of H-pyrrole nitrogens is 1. The quantitative estimate of drug-likeness (QED) is 0.412. The van der Waals surface area contributed by atoms with Crippen molar-refractivity contribution in [1.29, 1.82) is 0 Å². The average Bonchev–Trinajstić information content (AvgIpc) is 3.34. The Morgan fingerprint density at radius 3 is 2.54 bits per heavy atom. The Hall–Kier alpha value is -4.20. The van der Waals surface area contributed by atoms with Crippen LogP contribution in [0.2, 0.25) is 0 Å². The smallest absolute Gasteiger partial charge is 0.332 e. The molecule has 35 heavy (non-hydrogen) atoms. The number of nitrogens with one attached hydrogen (secondary N) is 1. The van der Waals surface area contributed by atoms with Gasteiger partial charge in [0, 0.05) is 35.0 Å². The Labute approximate surface area is 199 Å². The molecule has 0 spiro atoms. The minimum Gasteiger partial charge on any atom is -0.496 e. The number of amides is 3. The van der Waals surface area contributed by atoms with Crippen molar-refractivity contribution in [3.8, 4) is 5.75 Å². The molecule has 3 amide bonds. The van der Waals surface area contributed by atoms with Crippen LogP contribution >= 0.6 is 0 Å². The number of aromatic amines is 1. The first-order valence-electron chi connectivity index (χ1n) is 11.2. The van der Waals surface area contributed by atoms with E-state index in [1.165, 1.54) is 4.90 Å². The van der Waals surface area contributed by atoms with E-state index < -0.39 is 29.1 Å². The second-order valence-electron chi connectivity index (χ2n) is 8.96. The summed E-state index contributed by atoms with van der Waals surface area (Å²) in [6, 6.07) is 17.4. The summed E-state index contributed by atoms with van der Waals surface area (Å²) < 4.78 is 33.9. The van der Waals surface area contributed by atoms with Gasteiger partial charge in [0.25, 0.3) is 5.91 Å². The molecule has 6 rings (SSSR count). The van der Waals surface area contributed by atoms with E-state index in [2.05, 4.69) is 4.98 Å². The summed E-state index contributed by atoms with van der Waals surface area (Å²) in [4.78, 5) is 33.2. The van der Waals surface area contributed by atoms with E-state index in [1.807, 2.05) is 48.5 Å². The molecule has 1 aromatic heterocycles. The number of anilines is 1. The third-order valence-corrected chi connectivity index (χ3v) is 7.19. The Kier molecular flexibility index (Phi) is 4.51. The number of ether oxygens (including phenoxy) is 1. The topological polar surface area (TPSA) is 65.6 Å². The maximum atomic E-state index is 14.7. The van der Waals surface area contributed by atoms with E-state index in [-0.39, 0.29) is 18.2 Å². The van der Waals surface area contributed by atoms with Gasteiger partial charge in [-0.15, -0.1) is 0 Å². The fourth-order valence-corrected chi connectivity index (χ4v) is 5.50. The molecule has 0 bridgehead atoms. The highest BCUT2D eigenvalue weighted by Crippen LogP contribution is 2.51. The number of rotatable bonds is 3. The number of para-hydroxylation sites is 2. The van der Waals surface area contributed by atoms with Gasteiger partial charge >= 0.3 is 6.03 Å². The Balaban J connectivity index is 1.60. The summed E-state index contributed by atoms with van der Waals surface area (Å²) in [7, 11) is 1.59. The summed E-state index contributed by atoms with van der Waals surface area (Å²) >= 11 is 0. The SMILES string of the molecule is COc1ccccc1[C@H]1CN2C(=O)N(c3ccc(F)cc3F)C(=O)[C@]2(C)c2[nH]c3ccccc3c21. The maximum absolute atomic E-state index is 14.7. The summed E-state index contributed by atoms with van der Waals surface area (Å²) in [6.07, 6.45) is 0. The Bertz CT molecular complexity index is 1530. The molecule has 0 saturated carbocycles. The van der Waals surface area contributed by atoms with Crippen molar-refractivity contribution in [2.75, 3.05) is 18.6 Å². The molecule has 4 aromatic rings. The lowest BCUT2D eigenvalue weighted by atomic mass is 9.78. The fraction of sp³-hybridized carbons (Fsp3) is 0.185. The van der Waals surface area contributed by atoms with E-state index in [0.29, 0.717) is 17.5 Å². The number of urea groups is 1. The molecule has 0 unspecified atom stereocenters. The Morgan fingerprint density at radius 2 is 1.77 bits per heavy atom. The van der Waals surface area contributed by atoms with Gasteiger partial charge in [0.05, 0.1) is 18.5 Å². The zero-order valence-corrected chi connectivity index (χ0v) is 19.0. The monoisotopic (exact) mass is 473 g/mol. The molecule has 0 radical (unpaired) electrons. The predicted molar refractivity (Wildman–Crippen MR) is 126 cm³/mol. The van der Waals surface area contributed by atoms with Crippen molar-refractivity contribution in [3.63, 3.8) is 0 Å². The second kappa shape index (κ2) is 7.40. The second-order valence-corrected chi connectivity index (χ2v) is 8.96. The van der Waals surface area contributed by atoms with Crippen LogP contribution in [0.15, 0.2) is 66.7 Å². The molecular formula is C27H21F2N3O3. The average molecular weight is 473 g/mol. The molecule has 1 saturated heterocycles. The number of fused-ring (bicyclic) bond motifs is 5. The molecule has 2 atom stereocenters. The van der Waals surface area contributed by atoms with Crippen molar-refractivity contribution >= 4 is 28.5 Å². The van der Waals surface area contributed by atoms with Crippen LogP contribution in [-0.2, 0) is 10.3 Å². The molecule has 3 heterocycles. The van der Waals surface area contributed by atoms with Gasteiger partial charge in [-0.25, -0.2) is 18.5 Å². The van der Waals surface area contributed by atoms with E-state index >= 15 is 0 Å². The molecule has 176 valence electrons. The minimum atomic E-state index is -1.40. The number of hydrogen-bond donors (Lipinski definition) is 1. The molecule has 1 fully saturated rings. The number of aromatic nitrogens is 1. The molecule has 8 heteroatoms. The fourth-order valence-electron chi connectivity index (χ4n) is 5.50. The molecule has 3 aromatic carbocycles. The number of methoxy groups -OCH3 is 1. The lowest BCUT2D eigenvalue weighted by Gasteiger charge is -2.40. The number of benzene rings is 3. The normalized spacial score (nSPS) is 21.4. The third kappa shape index (κ3) is 2.79. The van der Waals surface area contributed by atoms with Gasteiger partial charge in [0.2, 0.25) is 0 Å². The molecule has 6 nitrogen and oxygen atoms in total. The standard InChI is InChI=1S/C27H21F2N3O3/c1-27-24-23(17-8-3-5-9-20(17)30-24)18(16-7-4-6-10-22(16)35-2)14-31(27)26(34)32(25(27)33)21-12-11-15(28)13-19(21)29/h3-13,18,30H,14H2,1-2H3/t18-,27+/m1/s1. The predicted octanol–water partition coefficient (Wildman–Crippen LogP) is 5.28. The zero-order chi connectivity index (χ0) is 24.5. The van der Waals surface area contributed by atoms with Crippen molar-refractivity contribution in [1.82, 2.24) is 9.88 Å². The van der Waals surface area contributed by atoms with Crippen molar-refractivity contribution in [3.05, 3.63) is 95.2 Å². The summed E-state index contributed by atoms with van der Waals surface area (Å²) in [5.41, 5.74) is 1.49. The lowest BCUT2D eigenvalue weighted by molar-refractivity contribution is -0.125. The van der Waals surface area contributed by atoms with Gasteiger partial charge in [-0.05, 0) is 36.8 Å². The summed E-state index contributed by atoms with van der Waals surface area (Å²) in [6.45, 7) is 1.84. The Morgan fingerprint density at radius 1 is 1.03 bits per heavy atom. The van der Waals surface area contributed by atoms with Crippen LogP contribution in [0.4, 0.5) is 19.3 Å². The molecule has 0 aliphatic carbocycles. The van der Waals surface area contributed by atoms with E-state index in [9.17, 15) is 18.4 Å². The van der Waals surface area contributed by atoms with Crippen LogP contribution in [0.5, 0.6) is 5.75 Å². The zero-order valence-electron chi connectivity index (χ0n) is 19.0. The molecule has 1 N–H and O–H groups in total. The maximum Gasteiger partial charge on any atom is 0.332 e. The number of hydrogen-bond acceptors (Lipinski definition) is 3. The highest BCUT2D eigenvalue weighted by Gasteiger charge is 2.61. The van der Waals surface area contributed by atoms with Crippen LogP contribution in [0.3, 0.4) is 0 Å². The minimum absolute atomic E-state index is 0.176. The van der Waals surface area contributed by atoms with Gasteiger partial charge in [-0.2, -0.15) is 0 Å². The molecule has 2 aliphatic heterocycles. The largest absolute Gasteiger partial charge is 0.496 e. The highest BCUT2D eigenvalue weighted by molar-refractivity contribution is 6.23. The molecule has 2 aliphatic rings. The van der Waals surface area contributed by atoms with E-state index in [1.54, 1.807) is 14.0 Å². The highest BCUT2D eigenvalue weighted by atomic mass is 19.1. The van der Waals surface area contributed by atoms with Gasteiger partial charge in [-0.1, -0.05) is 36.4 Å². The van der Waals surface area contributed by atoms with Crippen LogP contribution < -0.4 is 9.64 Å². The first kappa shape index (κ1) is 21.3. The first-order chi connectivity index (χ1) is 16.9. The van der Waals surface area contributed by atoms with Crippen molar-refractivity contribution in [2.45, 2.75) is 18.4 Å². The number of nitrogens with zero attached hydrogens (tertiary/aromatic N) is 2. The van der Waals surface area contributed by atoms with Gasteiger partial charge in [-0.3, -0.25) is 4.79 Å². The number of carbonyl (C=O) groups is 2. The number of halogens is 2. The van der Waals surface area contributed by atoms with Gasteiger partial charge < -0.3 is 14.6 Å². The van der Waals surface area contributed by atoms with Crippen LogP contribution in [0.25, 0.3) is 10.9 Å². The van der Waals surface area contributed by atoms with Crippen LogP contribution in [0, 0.1) is 11.6 Å². The summed E-state index contributed by atoms with van der Waals surface area (Å²) in [5.74, 6) is -2.01. The van der Waals surface area contributed by atoms with Gasteiger partial charge in [0.15, 0.2) is 5.54 Å². The lowest BCUT2D eigenvalue weighted by Crippen LogP contribution is -2.50. The number of imide groups is 1. The van der Waals surface area contributed by atoms with E-state index in [4.69, 9.17) is 4.74 Å². The number of carbonyl (C=O) groups excluding carboxylic acids is 2. The summed E-state index contributed by atoms with van der Waals surface area (Å²) in [5, 5.41) is 0.936. The van der Waals surface area contributed by atoms with Gasteiger partial charge in [0.1, 0.15) is 17.4 Å². The van der Waals surface area contributed by atoms with Crippen molar-refractivity contribution in [2.24, 2.45) is 0 Å². The van der Waals surface area contributed by atoms with E-state index in [0.717, 1.165) is 39.1 Å². The van der Waals surface area contributed by atoms with Crippen LogP contribution in [-0.4, -0.2) is 35.5 Å². The first-order valence-corrected chi connectivity index (χ1v) is 11.2. The molecular weight excluding hydrogens is 452 g/mol. The third-order valence-electron chi connectivity index (χ3n) is 7.19. The van der Waals surface area contributed by atoms with Crippen molar-refractivity contribution < 1.29 is 23.1 Å².